The Morgan fingerprint density at radius 2 is 1.64 bits per heavy atom. The van der Waals surface area contributed by atoms with Crippen molar-refractivity contribution in [3.05, 3.63) is 0 Å². The zero-order valence-electron chi connectivity index (χ0n) is 9.05. The SMILES string of the molecule is CCC(O)NCCNCCNCCN. The Labute approximate surface area is 86.4 Å². The first-order valence-electron chi connectivity index (χ1n) is 5.34. The molecule has 5 heteroatoms. The van der Waals surface area contributed by atoms with Crippen LogP contribution in [-0.2, 0) is 0 Å². The fraction of sp³-hybridized carbons (Fsp3) is 1.00. The van der Waals surface area contributed by atoms with Gasteiger partial charge in [-0.05, 0) is 6.42 Å². The summed E-state index contributed by atoms with van der Waals surface area (Å²) in [6.07, 6.45) is 0.380. The molecule has 0 saturated carbocycles. The highest BCUT2D eigenvalue weighted by Gasteiger charge is 1.96. The van der Waals surface area contributed by atoms with Crippen molar-refractivity contribution in [1.29, 1.82) is 0 Å². The van der Waals surface area contributed by atoms with Gasteiger partial charge < -0.3 is 21.5 Å². The average molecular weight is 204 g/mol. The summed E-state index contributed by atoms with van der Waals surface area (Å²) in [5.41, 5.74) is 5.32. The van der Waals surface area contributed by atoms with Gasteiger partial charge in [0, 0.05) is 39.3 Å². The van der Waals surface area contributed by atoms with Crippen LogP contribution in [0.4, 0.5) is 0 Å². The lowest BCUT2D eigenvalue weighted by atomic mass is 10.4. The molecule has 14 heavy (non-hydrogen) atoms. The summed E-state index contributed by atoms with van der Waals surface area (Å²) in [6, 6.07) is 0. The second-order valence-electron chi connectivity index (χ2n) is 3.17. The molecule has 0 bridgehead atoms. The maximum atomic E-state index is 9.17. The van der Waals surface area contributed by atoms with Crippen molar-refractivity contribution in [1.82, 2.24) is 16.0 Å². The van der Waals surface area contributed by atoms with Gasteiger partial charge in [0.15, 0.2) is 0 Å². The highest BCUT2D eigenvalue weighted by atomic mass is 16.3. The van der Waals surface area contributed by atoms with Crippen LogP contribution in [0.3, 0.4) is 0 Å². The predicted octanol–water partition coefficient (Wildman–Crippen LogP) is -1.56. The first kappa shape index (κ1) is 13.8. The zero-order chi connectivity index (χ0) is 10.6. The van der Waals surface area contributed by atoms with Gasteiger partial charge in [-0.2, -0.15) is 0 Å². The van der Waals surface area contributed by atoms with Crippen LogP contribution in [0.25, 0.3) is 0 Å². The van der Waals surface area contributed by atoms with E-state index in [0.29, 0.717) is 6.54 Å². The van der Waals surface area contributed by atoms with Gasteiger partial charge in [0.1, 0.15) is 6.23 Å². The molecule has 0 spiro atoms. The van der Waals surface area contributed by atoms with Gasteiger partial charge in [-0.3, -0.25) is 5.32 Å². The van der Waals surface area contributed by atoms with Crippen molar-refractivity contribution in [2.75, 3.05) is 39.3 Å². The topological polar surface area (TPSA) is 82.3 Å². The van der Waals surface area contributed by atoms with E-state index in [4.69, 9.17) is 10.8 Å². The van der Waals surface area contributed by atoms with Crippen LogP contribution in [0, 0.1) is 0 Å². The summed E-state index contributed by atoms with van der Waals surface area (Å²) >= 11 is 0. The number of aliphatic hydroxyl groups excluding tert-OH is 1. The van der Waals surface area contributed by atoms with Crippen LogP contribution in [0.15, 0.2) is 0 Å². The molecule has 0 rings (SSSR count). The third-order valence-corrected chi connectivity index (χ3v) is 1.87. The molecular weight excluding hydrogens is 180 g/mol. The first-order chi connectivity index (χ1) is 6.81. The lowest BCUT2D eigenvalue weighted by Crippen LogP contribution is -2.37. The molecule has 86 valence electrons. The Hall–Kier alpha value is -0.200. The van der Waals surface area contributed by atoms with Crippen molar-refractivity contribution in [2.24, 2.45) is 5.73 Å². The molecule has 0 fully saturated rings. The third-order valence-electron chi connectivity index (χ3n) is 1.87. The van der Waals surface area contributed by atoms with Crippen LogP contribution in [0.1, 0.15) is 13.3 Å². The van der Waals surface area contributed by atoms with Crippen molar-refractivity contribution in [3.63, 3.8) is 0 Å². The Morgan fingerprint density at radius 3 is 2.21 bits per heavy atom. The molecule has 0 radical (unpaired) electrons. The molecule has 0 aromatic heterocycles. The summed E-state index contributed by atoms with van der Waals surface area (Å²) in [5.74, 6) is 0. The van der Waals surface area contributed by atoms with Crippen molar-refractivity contribution < 1.29 is 5.11 Å². The molecule has 0 aromatic carbocycles. The van der Waals surface area contributed by atoms with E-state index in [1.54, 1.807) is 0 Å². The second kappa shape index (κ2) is 10.9. The minimum absolute atomic E-state index is 0.368. The van der Waals surface area contributed by atoms with Crippen molar-refractivity contribution in [3.8, 4) is 0 Å². The minimum Gasteiger partial charge on any atom is -0.379 e. The molecule has 5 nitrogen and oxygen atoms in total. The van der Waals surface area contributed by atoms with Gasteiger partial charge in [0.05, 0.1) is 0 Å². The summed E-state index contributed by atoms with van der Waals surface area (Å²) in [6.45, 7) is 7.05. The van der Waals surface area contributed by atoms with E-state index < -0.39 is 0 Å². The van der Waals surface area contributed by atoms with E-state index in [1.807, 2.05) is 6.92 Å². The quantitative estimate of drug-likeness (QED) is 0.220. The largest absolute Gasteiger partial charge is 0.379 e. The fourth-order valence-corrected chi connectivity index (χ4v) is 1.00. The van der Waals surface area contributed by atoms with Gasteiger partial charge in [0.25, 0.3) is 0 Å². The molecule has 0 heterocycles. The Kier molecular flexibility index (Phi) is 10.7. The molecule has 1 atom stereocenters. The number of aliphatic hydroxyl groups is 1. The number of nitrogens with one attached hydrogen (secondary N) is 3. The van der Waals surface area contributed by atoms with Gasteiger partial charge in [-0.25, -0.2) is 0 Å². The van der Waals surface area contributed by atoms with Crippen LogP contribution >= 0.6 is 0 Å². The van der Waals surface area contributed by atoms with Crippen LogP contribution in [-0.4, -0.2) is 50.6 Å². The number of hydrogen-bond acceptors (Lipinski definition) is 5. The van der Waals surface area contributed by atoms with Crippen LogP contribution < -0.4 is 21.7 Å². The zero-order valence-corrected chi connectivity index (χ0v) is 9.05. The molecule has 0 aliphatic rings. The van der Waals surface area contributed by atoms with E-state index in [-0.39, 0.29) is 6.23 Å². The van der Waals surface area contributed by atoms with Gasteiger partial charge in [0.2, 0.25) is 0 Å². The first-order valence-corrected chi connectivity index (χ1v) is 5.34. The Bertz CT molecular complexity index is 113. The highest BCUT2D eigenvalue weighted by molar-refractivity contribution is 4.56. The Balaban J connectivity index is 2.92. The highest BCUT2D eigenvalue weighted by Crippen LogP contribution is 1.80. The Morgan fingerprint density at radius 1 is 1.07 bits per heavy atom. The normalized spacial score (nSPS) is 13.1. The van der Waals surface area contributed by atoms with Crippen LogP contribution in [0.2, 0.25) is 0 Å². The molecule has 6 N–H and O–H groups in total. The number of nitrogens with two attached hydrogens (primary N) is 1. The molecule has 0 aliphatic carbocycles. The lowest BCUT2D eigenvalue weighted by molar-refractivity contribution is 0.134. The standard InChI is InChI=1S/C9H24N4O/c1-2-9(14)13-8-7-12-6-5-11-4-3-10/h9,11-14H,2-8,10H2,1H3. The smallest absolute Gasteiger partial charge is 0.104 e. The van der Waals surface area contributed by atoms with E-state index in [2.05, 4.69) is 16.0 Å². The molecule has 0 aromatic rings. The van der Waals surface area contributed by atoms with Crippen molar-refractivity contribution >= 4 is 0 Å². The molecule has 0 aliphatic heterocycles. The van der Waals surface area contributed by atoms with E-state index in [1.165, 1.54) is 0 Å². The predicted molar refractivity (Wildman–Crippen MR) is 59.1 cm³/mol. The number of rotatable bonds is 10. The van der Waals surface area contributed by atoms with E-state index in [9.17, 15) is 0 Å². The summed E-state index contributed by atoms with van der Waals surface area (Å²) in [5, 5.41) is 18.6. The summed E-state index contributed by atoms with van der Waals surface area (Å²) in [7, 11) is 0. The lowest BCUT2D eigenvalue weighted by Gasteiger charge is -2.10. The fourth-order valence-electron chi connectivity index (χ4n) is 1.00. The summed E-state index contributed by atoms with van der Waals surface area (Å²) < 4.78 is 0. The maximum Gasteiger partial charge on any atom is 0.104 e. The maximum absolute atomic E-state index is 9.17. The third kappa shape index (κ3) is 9.88. The molecule has 0 saturated heterocycles. The van der Waals surface area contributed by atoms with Crippen molar-refractivity contribution in [2.45, 2.75) is 19.6 Å². The molecule has 1 unspecified atom stereocenters. The van der Waals surface area contributed by atoms with Gasteiger partial charge in [-0.1, -0.05) is 6.92 Å². The monoisotopic (exact) mass is 204 g/mol. The molecular formula is C9H24N4O. The molecule has 0 amide bonds. The summed E-state index contributed by atoms with van der Waals surface area (Å²) in [4.78, 5) is 0. The van der Waals surface area contributed by atoms with Crippen LogP contribution in [0.5, 0.6) is 0 Å². The van der Waals surface area contributed by atoms with E-state index >= 15 is 0 Å². The van der Waals surface area contributed by atoms with Gasteiger partial charge in [-0.15, -0.1) is 0 Å². The second-order valence-corrected chi connectivity index (χ2v) is 3.17. The minimum atomic E-state index is -0.368. The number of hydrogen-bond donors (Lipinski definition) is 5. The van der Waals surface area contributed by atoms with E-state index in [0.717, 1.165) is 39.1 Å². The van der Waals surface area contributed by atoms with Gasteiger partial charge >= 0.3 is 0 Å². The average Bonchev–Trinajstić information content (AvgIpc) is 2.21.